The Balaban J connectivity index is 1.74. The number of nitrogens with one attached hydrogen (secondary N) is 2. The second-order valence-corrected chi connectivity index (χ2v) is 6.46. The molecule has 1 aliphatic carbocycles. The molecule has 2 aromatic rings. The van der Waals surface area contributed by atoms with Gasteiger partial charge in [0.2, 0.25) is 0 Å². The number of fused-ring (bicyclic) bond motifs is 1. The first-order chi connectivity index (χ1) is 11.8. The van der Waals surface area contributed by atoms with Gasteiger partial charge in [0.05, 0.1) is 18.7 Å². The highest BCUT2D eigenvalue weighted by molar-refractivity contribution is 5.68. The van der Waals surface area contributed by atoms with E-state index in [2.05, 4.69) is 53.1 Å². The van der Waals surface area contributed by atoms with Crippen molar-refractivity contribution in [3.8, 4) is 0 Å². The standard InChI is InChI=1S/C20H22N2O2/c1-2-24-20(23)22-17-11-10-13-7-5-8-15-12-14-6-3-4-9-16(14)21-19(17)18(13)15/h3-9,17,19,21H,2,10-12H2,1H3,(H,22,23)/t17-,19+/m1/s1. The molecule has 0 saturated carbocycles. The lowest BCUT2D eigenvalue weighted by Gasteiger charge is -2.35. The third kappa shape index (κ3) is 2.62. The Morgan fingerprint density at radius 1 is 1.17 bits per heavy atom. The number of hydrogen-bond acceptors (Lipinski definition) is 3. The van der Waals surface area contributed by atoms with E-state index in [1.807, 2.05) is 6.92 Å². The molecule has 0 radical (unpaired) electrons. The van der Waals surface area contributed by atoms with Gasteiger partial charge in [0, 0.05) is 5.69 Å². The predicted octanol–water partition coefficient (Wildman–Crippen LogP) is 3.80. The summed E-state index contributed by atoms with van der Waals surface area (Å²) < 4.78 is 5.10. The van der Waals surface area contributed by atoms with Crippen LogP contribution in [-0.4, -0.2) is 18.7 Å². The van der Waals surface area contributed by atoms with Gasteiger partial charge in [0.15, 0.2) is 0 Å². The molecule has 2 N–H and O–H groups in total. The lowest BCUT2D eigenvalue weighted by Crippen LogP contribution is -2.44. The SMILES string of the molecule is CCOC(=O)N[C@@H]1CCc2cccc3c2[C@H]1Nc1ccccc1C3. The van der Waals surface area contributed by atoms with Crippen LogP contribution in [0.15, 0.2) is 42.5 Å². The Morgan fingerprint density at radius 3 is 2.83 bits per heavy atom. The van der Waals surface area contributed by atoms with Crippen LogP contribution in [0.3, 0.4) is 0 Å². The van der Waals surface area contributed by atoms with Gasteiger partial charge in [0.25, 0.3) is 0 Å². The van der Waals surface area contributed by atoms with Gasteiger partial charge in [-0.25, -0.2) is 4.79 Å². The molecular formula is C20H22N2O2. The zero-order valence-corrected chi connectivity index (χ0v) is 13.8. The highest BCUT2D eigenvalue weighted by atomic mass is 16.5. The van der Waals surface area contributed by atoms with Gasteiger partial charge in [-0.15, -0.1) is 0 Å². The lowest BCUT2D eigenvalue weighted by molar-refractivity contribution is 0.145. The Hall–Kier alpha value is -2.49. The molecule has 24 heavy (non-hydrogen) atoms. The lowest BCUT2D eigenvalue weighted by atomic mass is 9.81. The molecule has 2 atom stereocenters. The highest BCUT2D eigenvalue weighted by Crippen LogP contribution is 2.39. The summed E-state index contributed by atoms with van der Waals surface area (Å²) in [5, 5.41) is 6.74. The zero-order valence-electron chi connectivity index (χ0n) is 13.8. The van der Waals surface area contributed by atoms with E-state index in [9.17, 15) is 4.79 Å². The first kappa shape index (κ1) is 15.1. The highest BCUT2D eigenvalue weighted by Gasteiger charge is 2.34. The van der Waals surface area contributed by atoms with Crippen LogP contribution in [0.4, 0.5) is 10.5 Å². The first-order valence-electron chi connectivity index (χ1n) is 8.64. The van der Waals surface area contributed by atoms with Gasteiger partial charge in [-0.1, -0.05) is 36.4 Å². The number of alkyl carbamates (subject to hydrolysis) is 1. The molecule has 124 valence electrons. The van der Waals surface area contributed by atoms with E-state index in [4.69, 9.17) is 4.74 Å². The minimum atomic E-state index is -0.331. The molecule has 0 unspecified atom stereocenters. The Bertz CT molecular complexity index is 772. The van der Waals surface area contributed by atoms with Crippen LogP contribution in [0.2, 0.25) is 0 Å². The molecule has 0 aromatic heterocycles. The minimum absolute atomic E-state index is 0.0313. The van der Waals surface area contributed by atoms with Gasteiger partial charge in [0.1, 0.15) is 0 Å². The van der Waals surface area contributed by atoms with Crippen LogP contribution in [0, 0.1) is 0 Å². The smallest absolute Gasteiger partial charge is 0.407 e. The number of rotatable bonds is 2. The maximum absolute atomic E-state index is 12.0. The topological polar surface area (TPSA) is 50.4 Å². The molecule has 2 aliphatic rings. The number of aryl methyl sites for hydroxylation is 1. The Labute approximate surface area is 142 Å². The van der Waals surface area contributed by atoms with Crippen LogP contribution in [0.25, 0.3) is 0 Å². The number of ether oxygens (including phenoxy) is 1. The predicted molar refractivity (Wildman–Crippen MR) is 94.3 cm³/mol. The molecule has 1 amide bonds. The fraction of sp³-hybridized carbons (Fsp3) is 0.350. The molecule has 0 fully saturated rings. The molecule has 0 spiro atoms. The molecule has 0 saturated heterocycles. The van der Waals surface area contributed by atoms with Crippen molar-refractivity contribution in [3.63, 3.8) is 0 Å². The van der Waals surface area contributed by atoms with Gasteiger partial charge < -0.3 is 15.4 Å². The molecule has 1 heterocycles. The Morgan fingerprint density at radius 2 is 1.96 bits per heavy atom. The second-order valence-electron chi connectivity index (χ2n) is 6.46. The molecule has 1 aliphatic heterocycles. The van der Waals surface area contributed by atoms with E-state index in [1.54, 1.807) is 0 Å². The van der Waals surface area contributed by atoms with Crippen molar-refractivity contribution in [2.24, 2.45) is 0 Å². The molecule has 4 heteroatoms. The van der Waals surface area contributed by atoms with E-state index < -0.39 is 0 Å². The second kappa shape index (κ2) is 6.19. The van der Waals surface area contributed by atoms with Gasteiger partial charge >= 0.3 is 6.09 Å². The molecular weight excluding hydrogens is 300 g/mol. The van der Waals surface area contributed by atoms with E-state index in [1.165, 1.54) is 22.3 Å². The van der Waals surface area contributed by atoms with Gasteiger partial charge in [-0.2, -0.15) is 0 Å². The van der Waals surface area contributed by atoms with Crippen LogP contribution in [0.5, 0.6) is 0 Å². The molecule has 4 rings (SSSR count). The van der Waals surface area contributed by atoms with Crippen LogP contribution < -0.4 is 10.6 Å². The van der Waals surface area contributed by atoms with Crippen molar-refractivity contribution >= 4 is 11.8 Å². The normalized spacial score (nSPS) is 20.9. The van der Waals surface area contributed by atoms with Gasteiger partial charge in [-0.05, 0) is 54.5 Å². The van der Waals surface area contributed by atoms with Crippen molar-refractivity contribution in [3.05, 3.63) is 64.7 Å². The van der Waals surface area contributed by atoms with Crippen molar-refractivity contribution in [1.29, 1.82) is 0 Å². The minimum Gasteiger partial charge on any atom is -0.450 e. The average Bonchev–Trinajstić information content (AvgIpc) is 2.75. The van der Waals surface area contributed by atoms with Crippen molar-refractivity contribution in [2.45, 2.75) is 38.3 Å². The summed E-state index contributed by atoms with van der Waals surface area (Å²) in [7, 11) is 0. The summed E-state index contributed by atoms with van der Waals surface area (Å²) in [5.74, 6) is 0. The number of amides is 1. The first-order valence-corrected chi connectivity index (χ1v) is 8.64. The van der Waals surface area contributed by atoms with Crippen LogP contribution in [0.1, 0.15) is 41.6 Å². The fourth-order valence-corrected chi connectivity index (χ4v) is 3.96. The van der Waals surface area contributed by atoms with Crippen LogP contribution in [-0.2, 0) is 17.6 Å². The summed E-state index contributed by atoms with van der Waals surface area (Å²) in [4.78, 5) is 12.0. The molecule has 0 bridgehead atoms. The number of para-hydroxylation sites is 1. The summed E-state index contributed by atoms with van der Waals surface area (Å²) in [6, 6.07) is 15.1. The van der Waals surface area contributed by atoms with Crippen molar-refractivity contribution < 1.29 is 9.53 Å². The number of carbonyl (C=O) groups is 1. The Kier molecular flexibility index (Phi) is 3.89. The van der Waals surface area contributed by atoms with Crippen molar-refractivity contribution in [2.75, 3.05) is 11.9 Å². The number of carbonyl (C=O) groups excluding carboxylic acids is 1. The summed E-state index contributed by atoms with van der Waals surface area (Å²) in [6.45, 7) is 2.22. The van der Waals surface area contributed by atoms with E-state index in [-0.39, 0.29) is 18.2 Å². The quantitative estimate of drug-likeness (QED) is 0.884. The third-order valence-corrected chi connectivity index (χ3v) is 5.01. The van der Waals surface area contributed by atoms with Crippen LogP contribution >= 0.6 is 0 Å². The molecule has 2 aromatic carbocycles. The van der Waals surface area contributed by atoms with E-state index in [0.29, 0.717) is 6.61 Å². The maximum atomic E-state index is 12.0. The maximum Gasteiger partial charge on any atom is 0.407 e. The summed E-state index contributed by atoms with van der Waals surface area (Å²) >= 11 is 0. The third-order valence-electron chi connectivity index (χ3n) is 5.01. The summed E-state index contributed by atoms with van der Waals surface area (Å²) in [5.41, 5.74) is 6.55. The zero-order chi connectivity index (χ0) is 16.5. The number of benzene rings is 2. The van der Waals surface area contributed by atoms with Crippen molar-refractivity contribution in [1.82, 2.24) is 5.32 Å². The van der Waals surface area contributed by atoms with E-state index >= 15 is 0 Å². The fourth-order valence-electron chi connectivity index (χ4n) is 3.96. The average molecular weight is 322 g/mol. The van der Waals surface area contributed by atoms with Gasteiger partial charge in [-0.3, -0.25) is 0 Å². The monoisotopic (exact) mass is 322 g/mol. The number of anilines is 1. The largest absolute Gasteiger partial charge is 0.450 e. The summed E-state index contributed by atoms with van der Waals surface area (Å²) in [6.07, 6.45) is 2.49. The molecule has 4 nitrogen and oxygen atoms in total. The van der Waals surface area contributed by atoms with E-state index in [0.717, 1.165) is 24.9 Å². The number of hydrogen-bond donors (Lipinski definition) is 2.